The van der Waals surface area contributed by atoms with Crippen molar-refractivity contribution in [2.24, 2.45) is 0 Å². The van der Waals surface area contributed by atoms with Gasteiger partial charge >= 0.3 is 7.32 Å². The molecule has 0 unspecified atom stereocenters. The van der Waals surface area contributed by atoms with Crippen LogP contribution in [0.4, 0.5) is 105 Å². The van der Waals surface area contributed by atoms with Crippen LogP contribution in [0.2, 0.25) is 0 Å². The molecule has 3 nitrogen and oxygen atoms in total. The van der Waals surface area contributed by atoms with Crippen LogP contribution in [0.1, 0.15) is 0 Å². The summed E-state index contributed by atoms with van der Waals surface area (Å²) in [6.07, 6.45) is 0. The zero-order valence-electron chi connectivity index (χ0n) is 26.0. The minimum atomic E-state index is -2.45. The van der Waals surface area contributed by atoms with Gasteiger partial charge < -0.3 is 15.1 Å². The Balaban J connectivity index is 0.000000222. The van der Waals surface area contributed by atoms with Gasteiger partial charge in [-0.15, -0.1) is 0 Å². The predicted molar refractivity (Wildman–Crippen MR) is 143 cm³/mol. The van der Waals surface area contributed by atoms with Crippen molar-refractivity contribution in [2.75, 3.05) is 0 Å². The molecule has 0 heterocycles. The van der Waals surface area contributed by atoms with Gasteiger partial charge in [0.05, 0.1) is 32.3 Å². The molecule has 312 valence electrons. The molecule has 0 saturated carbocycles. The molecule has 0 bridgehead atoms. The minimum absolute atomic E-state index is 1.83. The number of benzene rings is 6. The molecule has 0 saturated heterocycles. The number of rotatable bonds is 0. The third-order valence-electron chi connectivity index (χ3n) is 6.85. The zero-order valence-corrected chi connectivity index (χ0v) is 26.0. The fourth-order valence-electron chi connectivity index (χ4n) is 4.37. The van der Waals surface area contributed by atoms with Gasteiger partial charge in [0.1, 0.15) is 0 Å². The van der Waals surface area contributed by atoms with Gasteiger partial charge in [-0.1, -0.05) is 0 Å². The summed E-state index contributed by atoms with van der Waals surface area (Å²) < 4.78 is 311. The van der Waals surface area contributed by atoms with Crippen LogP contribution in [0.5, 0.6) is 0 Å². The van der Waals surface area contributed by atoms with Gasteiger partial charge in [0, 0.05) is 0 Å². The van der Waals surface area contributed by atoms with Crippen LogP contribution in [0.15, 0.2) is 0 Å². The van der Waals surface area contributed by atoms with Crippen LogP contribution < -0.4 is 0 Å². The average Bonchev–Trinajstić information content (AvgIpc) is 3.17. The Bertz CT molecular complexity index is 2050. The Morgan fingerprint density at radius 3 is 0.259 bits per heavy atom. The van der Waals surface area contributed by atoms with Crippen molar-refractivity contribution in [3.8, 4) is 0 Å². The largest absolute Gasteiger partial charge is 0.631 e. The van der Waals surface area contributed by atoms with Gasteiger partial charge in [0.25, 0.3) is 0 Å². The van der Waals surface area contributed by atoms with E-state index in [0.717, 1.165) is 0 Å². The fourth-order valence-corrected chi connectivity index (χ4v) is 4.37. The molecule has 0 amide bonds. The van der Waals surface area contributed by atoms with Crippen LogP contribution in [0.3, 0.4) is 0 Å². The molecule has 0 aliphatic rings. The molecular weight excluding hydrogens is 875 g/mol. The second-order valence-electron chi connectivity index (χ2n) is 10.1. The lowest BCUT2D eigenvalue weighted by molar-refractivity contribution is 0.278. The van der Waals surface area contributed by atoms with Gasteiger partial charge in [0.15, 0.2) is 140 Å². The van der Waals surface area contributed by atoms with Gasteiger partial charge in [-0.25, -0.2) is 105 Å². The lowest BCUT2D eigenvalue weighted by Crippen LogP contribution is -2.07. The van der Waals surface area contributed by atoms with Crippen LogP contribution in [-0.4, -0.2) is 22.4 Å². The van der Waals surface area contributed by atoms with E-state index in [9.17, 15) is 105 Å². The van der Waals surface area contributed by atoms with Crippen molar-refractivity contribution < 1.29 is 120 Å². The summed E-state index contributed by atoms with van der Waals surface area (Å²) >= 11 is 0. The summed E-state index contributed by atoms with van der Waals surface area (Å²) in [4.78, 5) is 0. The first-order chi connectivity index (χ1) is 26.6. The van der Waals surface area contributed by atoms with Gasteiger partial charge in [-0.3, -0.25) is 0 Å². The van der Waals surface area contributed by atoms with Crippen LogP contribution in [0.25, 0.3) is 32.3 Å². The molecule has 28 heteroatoms. The molecule has 0 aromatic heterocycles. The highest BCUT2D eigenvalue weighted by molar-refractivity contribution is 6.30. The molecule has 0 radical (unpaired) electrons. The highest BCUT2D eigenvalue weighted by Crippen LogP contribution is 2.36. The molecule has 0 fully saturated rings. The number of halogens is 24. The third kappa shape index (κ3) is 7.69. The SMILES string of the molecule is Fc1c(F)c(F)c2c(F)c(F)c(F)c(F)c2c1F.Fc1c(F)c(F)c2c(F)c(F)c(F)c(F)c2c1F.Fc1c(F)c(F)c2c(F)c(F)c(F)c(F)c2c1F.OB(O)O. The first-order valence-electron chi connectivity index (χ1n) is 13.6. The van der Waals surface area contributed by atoms with E-state index in [4.69, 9.17) is 15.1 Å². The molecule has 0 spiro atoms. The van der Waals surface area contributed by atoms with Crippen molar-refractivity contribution in [3.63, 3.8) is 0 Å². The van der Waals surface area contributed by atoms with Crippen molar-refractivity contribution in [1.29, 1.82) is 0 Å². The maximum absolute atomic E-state index is 13.1. The van der Waals surface area contributed by atoms with Crippen LogP contribution in [0, 0.1) is 140 Å². The maximum Gasteiger partial charge on any atom is 0.631 e. The highest BCUT2D eigenvalue weighted by Gasteiger charge is 2.33. The Kier molecular flexibility index (Phi) is 13.8. The lowest BCUT2D eigenvalue weighted by Gasteiger charge is -2.08. The van der Waals surface area contributed by atoms with Crippen LogP contribution >= 0.6 is 0 Å². The Labute approximate surface area is 300 Å². The van der Waals surface area contributed by atoms with Crippen molar-refractivity contribution >= 4 is 39.6 Å². The lowest BCUT2D eigenvalue weighted by atomic mass is 10.1. The molecule has 6 rings (SSSR count). The molecule has 58 heavy (non-hydrogen) atoms. The summed E-state index contributed by atoms with van der Waals surface area (Å²) in [6.45, 7) is 0. The van der Waals surface area contributed by atoms with E-state index in [2.05, 4.69) is 0 Å². The number of hydrogen-bond donors (Lipinski definition) is 3. The molecule has 0 atom stereocenters. The topological polar surface area (TPSA) is 60.7 Å². The quantitative estimate of drug-likeness (QED) is 0.0617. The Morgan fingerprint density at radius 2 is 0.207 bits per heavy atom. The van der Waals surface area contributed by atoms with Crippen LogP contribution in [-0.2, 0) is 0 Å². The molecule has 0 aliphatic heterocycles. The fraction of sp³-hybridized carbons (Fsp3) is 0. The van der Waals surface area contributed by atoms with E-state index in [1.807, 2.05) is 0 Å². The van der Waals surface area contributed by atoms with Crippen molar-refractivity contribution in [3.05, 3.63) is 140 Å². The smallest absolute Gasteiger partial charge is 0.402 e. The summed E-state index contributed by atoms with van der Waals surface area (Å²) in [5, 5.41) is 10.5. The predicted octanol–water partition coefficient (Wildman–Crippen LogP) is 9.81. The summed E-state index contributed by atoms with van der Waals surface area (Å²) in [5.41, 5.74) is 0. The Morgan fingerprint density at radius 1 is 0.155 bits per heavy atom. The first kappa shape index (κ1) is 46.7. The van der Waals surface area contributed by atoms with Crippen molar-refractivity contribution in [2.45, 2.75) is 0 Å². The zero-order chi connectivity index (χ0) is 44.9. The Hall–Kier alpha value is -5.64. The van der Waals surface area contributed by atoms with Gasteiger partial charge in [0.2, 0.25) is 0 Å². The summed E-state index contributed by atoms with van der Waals surface area (Å²) in [6, 6.07) is 0. The van der Waals surface area contributed by atoms with Gasteiger partial charge in [-0.05, 0) is 0 Å². The van der Waals surface area contributed by atoms with E-state index < -0.39 is 179 Å². The second kappa shape index (κ2) is 17.1. The van der Waals surface area contributed by atoms with Gasteiger partial charge in [-0.2, -0.15) is 0 Å². The van der Waals surface area contributed by atoms with E-state index >= 15 is 0 Å². The number of hydrogen-bond acceptors (Lipinski definition) is 3. The summed E-state index contributed by atoms with van der Waals surface area (Å²) in [7, 11) is -2.17. The molecule has 3 N–H and O–H groups in total. The van der Waals surface area contributed by atoms with Crippen molar-refractivity contribution in [1.82, 2.24) is 0 Å². The summed E-state index contributed by atoms with van der Waals surface area (Å²) in [5.74, 6) is -57.6. The third-order valence-corrected chi connectivity index (χ3v) is 6.85. The highest BCUT2D eigenvalue weighted by atomic mass is 19.2. The monoisotopic (exact) mass is 878 g/mol. The molecular formula is C30H3BF24O3. The molecule has 6 aromatic rings. The van der Waals surface area contributed by atoms with E-state index in [-0.39, 0.29) is 0 Å². The van der Waals surface area contributed by atoms with E-state index in [0.29, 0.717) is 0 Å². The molecule has 6 aromatic carbocycles. The molecule has 0 aliphatic carbocycles. The number of fused-ring (bicyclic) bond motifs is 3. The van der Waals surface area contributed by atoms with E-state index in [1.165, 1.54) is 0 Å². The second-order valence-corrected chi connectivity index (χ2v) is 10.1. The standard InChI is InChI=1S/3C10F8.BH3O3/c3*11-3-1-2(5(13)9(17)7(3)15)6(14)10(18)8(16)4(1)12;2-1(3)4/h;;;2-4H. The van der Waals surface area contributed by atoms with E-state index in [1.54, 1.807) is 0 Å². The minimum Gasteiger partial charge on any atom is -0.402 e. The average molecular weight is 878 g/mol. The first-order valence-corrected chi connectivity index (χ1v) is 13.6. The maximum atomic E-state index is 13.1. The normalized spacial score (nSPS) is 11.0.